The average molecular weight is 495 g/mol. The standard InChI is InChI=1S/C24H19BrN2O5/c25-18-7-3-4-8-19(18)27-21(28)12-26-22(29)14-32-23(30)11-16-13-31-20-10-9-15-5-1-2-6-17(15)24(16)20/h1-10,13H,11-12,14H2,(H,26,29)(H,27,28). The van der Waals surface area contributed by atoms with Gasteiger partial charge in [0.1, 0.15) is 5.58 Å². The van der Waals surface area contributed by atoms with Gasteiger partial charge in [0.15, 0.2) is 6.61 Å². The molecule has 8 heteroatoms. The predicted molar refractivity (Wildman–Crippen MR) is 124 cm³/mol. The molecule has 4 aromatic rings. The second kappa shape index (κ2) is 9.65. The first-order valence-corrected chi connectivity index (χ1v) is 10.6. The van der Waals surface area contributed by atoms with Crippen molar-refractivity contribution < 1.29 is 23.5 Å². The largest absolute Gasteiger partial charge is 0.464 e. The summed E-state index contributed by atoms with van der Waals surface area (Å²) >= 11 is 3.33. The predicted octanol–water partition coefficient (Wildman–Crippen LogP) is 4.19. The number of hydrogen-bond acceptors (Lipinski definition) is 5. The third-order valence-corrected chi connectivity index (χ3v) is 5.52. The number of hydrogen-bond donors (Lipinski definition) is 2. The van der Waals surface area contributed by atoms with Gasteiger partial charge in [-0.1, -0.05) is 42.5 Å². The summed E-state index contributed by atoms with van der Waals surface area (Å²) in [5.74, 6) is -1.52. The molecule has 0 fully saturated rings. The minimum absolute atomic E-state index is 0.0309. The van der Waals surface area contributed by atoms with Gasteiger partial charge < -0.3 is 19.8 Å². The van der Waals surface area contributed by atoms with Crippen LogP contribution in [0, 0.1) is 0 Å². The summed E-state index contributed by atoms with van der Waals surface area (Å²) in [6, 6.07) is 18.8. The molecule has 0 atom stereocenters. The summed E-state index contributed by atoms with van der Waals surface area (Å²) in [7, 11) is 0. The number of amides is 2. The number of carbonyl (C=O) groups is 3. The van der Waals surface area contributed by atoms with Crippen LogP contribution in [0.4, 0.5) is 5.69 Å². The zero-order valence-electron chi connectivity index (χ0n) is 16.9. The lowest BCUT2D eigenvalue weighted by Gasteiger charge is -2.09. The molecule has 32 heavy (non-hydrogen) atoms. The van der Waals surface area contributed by atoms with E-state index in [-0.39, 0.29) is 13.0 Å². The van der Waals surface area contributed by atoms with E-state index < -0.39 is 24.4 Å². The van der Waals surface area contributed by atoms with E-state index in [1.807, 2.05) is 42.5 Å². The SMILES string of the molecule is O=C(COC(=O)Cc1coc2ccc3ccccc3c12)NCC(=O)Nc1ccccc1Br. The first-order chi connectivity index (χ1) is 15.5. The maximum atomic E-state index is 12.3. The average Bonchev–Trinajstić information content (AvgIpc) is 3.21. The monoisotopic (exact) mass is 494 g/mol. The molecule has 0 spiro atoms. The lowest BCUT2D eigenvalue weighted by Crippen LogP contribution is -2.35. The molecule has 0 bridgehead atoms. The maximum Gasteiger partial charge on any atom is 0.310 e. The Morgan fingerprint density at radius 1 is 0.938 bits per heavy atom. The molecule has 0 unspecified atom stereocenters. The molecule has 162 valence electrons. The molecule has 0 aliphatic carbocycles. The summed E-state index contributed by atoms with van der Waals surface area (Å²) < 4.78 is 11.4. The van der Waals surface area contributed by atoms with Crippen molar-refractivity contribution in [3.8, 4) is 0 Å². The van der Waals surface area contributed by atoms with Gasteiger partial charge in [0.05, 0.1) is 24.9 Å². The van der Waals surface area contributed by atoms with Crippen LogP contribution in [-0.2, 0) is 25.5 Å². The molecule has 0 aliphatic heterocycles. The van der Waals surface area contributed by atoms with Gasteiger partial charge in [0, 0.05) is 15.4 Å². The van der Waals surface area contributed by atoms with Crippen LogP contribution in [0.5, 0.6) is 0 Å². The lowest BCUT2D eigenvalue weighted by molar-refractivity contribution is -0.147. The fourth-order valence-corrected chi connectivity index (χ4v) is 3.73. The van der Waals surface area contributed by atoms with Crippen molar-refractivity contribution in [1.82, 2.24) is 5.32 Å². The Bertz CT molecular complexity index is 1310. The summed E-state index contributed by atoms with van der Waals surface area (Å²) in [5, 5.41) is 7.98. The molecular weight excluding hydrogens is 476 g/mol. The van der Waals surface area contributed by atoms with Crippen molar-refractivity contribution in [2.45, 2.75) is 6.42 Å². The molecule has 4 rings (SSSR count). The number of carbonyl (C=O) groups excluding carboxylic acids is 3. The van der Waals surface area contributed by atoms with E-state index in [1.54, 1.807) is 18.2 Å². The Morgan fingerprint density at radius 2 is 1.72 bits per heavy atom. The molecule has 1 heterocycles. The number of ether oxygens (including phenoxy) is 1. The second-order valence-corrected chi connectivity index (χ2v) is 7.92. The fourth-order valence-electron chi connectivity index (χ4n) is 3.34. The number of benzene rings is 3. The number of esters is 1. The Kier molecular flexibility index (Phi) is 6.51. The van der Waals surface area contributed by atoms with E-state index in [0.29, 0.717) is 16.8 Å². The summed E-state index contributed by atoms with van der Waals surface area (Å²) in [5.41, 5.74) is 1.97. The summed E-state index contributed by atoms with van der Waals surface area (Å²) in [4.78, 5) is 36.2. The van der Waals surface area contributed by atoms with Crippen LogP contribution in [-0.4, -0.2) is 30.9 Å². The van der Waals surface area contributed by atoms with E-state index in [4.69, 9.17) is 9.15 Å². The Morgan fingerprint density at radius 3 is 2.56 bits per heavy atom. The fraction of sp³-hybridized carbons (Fsp3) is 0.125. The minimum Gasteiger partial charge on any atom is -0.464 e. The Hall–Kier alpha value is -3.65. The van der Waals surface area contributed by atoms with E-state index in [2.05, 4.69) is 26.6 Å². The molecule has 7 nitrogen and oxygen atoms in total. The maximum absolute atomic E-state index is 12.3. The van der Waals surface area contributed by atoms with Crippen molar-refractivity contribution in [2.75, 3.05) is 18.5 Å². The highest BCUT2D eigenvalue weighted by molar-refractivity contribution is 9.10. The van der Waals surface area contributed by atoms with Crippen LogP contribution in [0.1, 0.15) is 5.56 Å². The third kappa shape index (κ3) is 4.97. The molecule has 1 aromatic heterocycles. The normalized spacial score (nSPS) is 10.8. The van der Waals surface area contributed by atoms with Gasteiger partial charge >= 0.3 is 5.97 Å². The van der Waals surface area contributed by atoms with Crippen LogP contribution in [0.25, 0.3) is 21.7 Å². The molecule has 0 saturated heterocycles. The molecular formula is C24H19BrN2O5. The van der Waals surface area contributed by atoms with Crippen molar-refractivity contribution in [3.63, 3.8) is 0 Å². The highest BCUT2D eigenvalue weighted by atomic mass is 79.9. The Labute approximate surface area is 191 Å². The van der Waals surface area contributed by atoms with E-state index in [0.717, 1.165) is 20.6 Å². The number of rotatable bonds is 7. The van der Waals surface area contributed by atoms with Gasteiger partial charge in [-0.2, -0.15) is 0 Å². The van der Waals surface area contributed by atoms with Crippen LogP contribution in [0.2, 0.25) is 0 Å². The van der Waals surface area contributed by atoms with Gasteiger partial charge in [0.25, 0.3) is 5.91 Å². The lowest BCUT2D eigenvalue weighted by atomic mass is 10.0. The highest BCUT2D eigenvalue weighted by Crippen LogP contribution is 2.30. The molecule has 2 amide bonds. The molecule has 0 saturated carbocycles. The van der Waals surface area contributed by atoms with Crippen molar-refractivity contribution >= 4 is 61.1 Å². The van der Waals surface area contributed by atoms with Gasteiger partial charge in [-0.3, -0.25) is 14.4 Å². The van der Waals surface area contributed by atoms with Gasteiger partial charge in [-0.25, -0.2) is 0 Å². The number of anilines is 1. The number of fused-ring (bicyclic) bond motifs is 3. The zero-order valence-corrected chi connectivity index (χ0v) is 18.5. The van der Waals surface area contributed by atoms with Crippen molar-refractivity contribution in [1.29, 1.82) is 0 Å². The molecule has 0 radical (unpaired) electrons. The Balaban J connectivity index is 1.29. The first kappa shape index (κ1) is 21.6. The molecule has 3 aromatic carbocycles. The second-order valence-electron chi connectivity index (χ2n) is 7.06. The van der Waals surface area contributed by atoms with Gasteiger partial charge in [-0.15, -0.1) is 0 Å². The topological polar surface area (TPSA) is 97.6 Å². The third-order valence-electron chi connectivity index (χ3n) is 4.83. The van der Waals surface area contributed by atoms with Crippen LogP contribution in [0.15, 0.2) is 75.8 Å². The summed E-state index contributed by atoms with van der Waals surface area (Å²) in [6.45, 7) is -0.715. The van der Waals surface area contributed by atoms with Gasteiger partial charge in [0.2, 0.25) is 5.91 Å². The highest BCUT2D eigenvalue weighted by Gasteiger charge is 2.15. The quantitative estimate of drug-likeness (QED) is 0.375. The minimum atomic E-state index is -0.567. The van der Waals surface area contributed by atoms with Crippen LogP contribution < -0.4 is 10.6 Å². The van der Waals surface area contributed by atoms with Gasteiger partial charge in [-0.05, 0) is 44.9 Å². The number of furan rings is 1. The van der Waals surface area contributed by atoms with Crippen LogP contribution >= 0.6 is 15.9 Å². The molecule has 2 N–H and O–H groups in total. The van der Waals surface area contributed by atoms with Crippen LogP contribution in [0.3, 0.4) is 0 Å². The van der Waals surface area contributed by atoms with Crippen molar-refractivity contribution in [3.05, 3.63) is 77.0 Å². The number of nitrogens with one attached hydrogen (secondary N) is 2. The first-order valence-electron chi connectivity index (χ1n) is 9.86. The van der Waals surface area contributed by atoms with E-state index in [9.17, 15) is 14.4 Å². The van der Waals surface area contributed by atoms with E-state index in [1.165, 1.54) is 6.26 Å². The number of para-hydroxylation sites is 1. The zero-order chi connectivity index (χ0) is 22.5. The smallest absolute Gasteiger partial charge is 0.310 e. The van der Waals surface area contributed by atoms with Crippen molar-refractivity contribution in [2.24, 2.45) is 0 Å². The molecule has 0 aliphatic rings. The summed E-state index contributed by atoms with van der Waals surface area (Å²) in [6.07, 6.45) is 1.50. The number of halogens is 1. The van der Waals surface area contributed by atoms with E-state index >= 15 is 0 Å².